The van der Waals surface area contributed by atoms with E-state index in [-0.39, 0.29) is 18.1 Å². The van der Waals surface area contributed by atoms with E-state index in [1.54, 1.807) is 19.2 Å². The summed E-state index contributed by atoms with van der Waals surface area (Å²) in [5.74, 6) is 1.11. The average molecular weight is 415 g/mol. The molecule has 2 rings (SSSR count). The van der Waals surface area contributed by atoms with Crippen LogP contribution >= 0.6 is 0 Å². The largest absolute Gasteiger partial charge is 0.496 e. The molecule has 0 aliphatic carbocycles. The molecule has 0 saturated heterocycles. The van der Waals surface area contributed by atoms with E-state index in [0.717, 1.165) is 24.3 Å². The Hall–Kier alpha value is -3.09. The fraction of sp³-hybridized carbons (Fsp3) is 0.391. The van der Waals surface area contributed by atoms with Gasteiger partial charge in [0.15, 0.2) is 5.96 Å². The van der Waals surface area contributed by atoms with Crippen LogP contribution in [0.4, 0.5) is 4.39 Å². The third-order valence-electron chi connectivity index (χ3n) is 4.48. The summed E-state index contributed by atoms with van der Waals surface area (Å²) in [7, 11) is 1.67. The molecule has 0 aliphatic rings. The molecule has 0 aliphatic heterocycles. The molecule has 2 aromatic carbocycles. The van der Waals surface area contributed by atoms with E-state index in [1.807, 2.05) is 26.0 Å². The maximum Gasteiger partial charge on any atom is 0.224 e. The highest BCUT2D eigenvalue weighted by atomic mass is 19.1. The van der Waals surface area contributed by atoms with Gasteiger partial charge in [-0.25, -0.2) is 4.39 Å². The second kappa shape index (κ2) is 12.5. The summed E-state index contributed by atoms with van der Waals surface area (Å²) in [6, 6.07) is 12.3. The number of halogens is 1. The van der Waals surface area contributed by atoms with Gasteiger partial charge in [0.1, 0.15) is 11.6 Å². The molecule has 7 heteroatoms. The number of aryl methyl sites for hydroxylation is 1. The van der Waals surface area contributed by atoms with E-state index < -0.39 is 0 Å². The molecule has 0 spiro atoms. The van der Waals surface area contributed by atoms with Crippen molar-refractivity contribution < 1.29 is 13.9 Å². The van der Waals surface area contributed by atoms with Gasteiger partial charge in [0, 0.05) is 26.2 Å². The monoisotopic (exact) mass is 414 g/mol. The molecule has 1 amide bonds. The smallest absolute Gasteiger partial charge is 0.224 e. The lowest BCUT2D eigenvalue weighted by molar-refractivity contribution is -0.120. The zero-order valence-corrected chi connectivity index (χ0v) is 17.9. The minimum atomic E-state index is -0.336. The zero-order chi connectivity index (χ0) is 21.8. The molecule has 3 N–H and O–H groups in total. The standard InChI is InChI=1S/C23H31FN4O2/c1-4-25-23(27-11-10-18-9-8-17(2)21(15-18)30-3)28-13-12-26-22(29)16-19-6-5-7-20(24)14-19/h5-9,14-15H,4,10-13,16H2,1-3H3,(H,26,29)(H2,25,27,28). The highest BCUT2D eigenvalue weighted by Gasteiger charge is 2.05. The van der Waals surface area contributed by atoms with Crippen LogP contribution in [0.1, 0.15) is 23.6 Å². The molecule has 30 heavy (non-hydrogen) atoms. The van der Waals surface area contributed by atoms with Crippen molar-refractivity contribution in [3.8, 4) is 5.75 Å². The van der Waals surface area contributed by atoms with Gasteiger partial charge in [-0.3, -0.25) is 9.79 Å². The van der Waals surface area contributed by atoms with Crippen LogP contribution in [-0.2, 0) is 17.6 Å². The fourth-order valence-electron chi connectivity index (χ4n) is 2.94. The van der Waals surface area contributed by atoms with Gasteiger partial charge in [-0.05, 0) is 55.2 Å². The molecule has 0 heterocycles. The molecule has 0 atom stereocenters. The van der Waals surface area contributed by atoms with Crippen molar-refractivity contribution in [3.05, 3.63) is 65.0 Å². The van der Waals surface area contributed by atoms with Gasteiger partial charge < -0.3 is 20.7 Å². The summed E-state index contributed by atoms with van der Waals surface area (Å²) >= 11 is 0. The first-order valence-corrected chi connectivity index (χ1v) is 10.2. The number of carbonyl (C=O) groups is 1. The number of hydrogen-bond acceptors (Lipinski definition) is 3. The molecule has 0 saturated carbocycles. The van der Waals surface area contributed by atoms with Crippen LogP contribution in [0.5, 0.6) is 5.75 Å². The number of aliphatic imine (C=N–C) groups is 1. The van der Waals surface area contributed by atoms with Crippen LogP contribution < -0.4 is 20.7 Å². The normalized spacial score (nSPS) is 11.1. The van der Waals surface area contributed by atoms with Crippen molar-refractivity contribution >= 4 is 11.9 Å². The van der Waals surface area contributed by atoms with Crippen molar-refractivity contribution in [3.63, 3.8) is 0 Å². The number of nitrogens with zero attached hydrogens (tertiary/aromatic N) is 1. The Balaban J connectivity index is 1.74. The summed E-state index contributed by atoms with van der Waals surface area (Å²) in [5.41, 5.74) is 2.93. The number of benzene rings is 2. The summed E-state index contributed by atoms with van der Waals surface area (Å²) in [4.78, 5) is 16.6. The number of guanidine groups is 1. The Morgan fingerprint density at radius 3 is 2.60 bits per heavy atom. The van der Waals surface area contributed by atoms with E-state index >= 15 is 0 Å². The first-order chi connectivity index (χ1) is 14.5. The van der Waals surface area contributed by atoms with E-state index in [2.05, 4.69) is 27.0 Å². The number of rotatable bonds is 10. The van der Waals surface area contributed by atoms with Crippen molar-refractivity contribution in [1.82, 2.24) is 16.0 Å². The average Bonchev–Trinajstić information content (AvgIpc) is 2.72. The second-order valence-electron chi connectivity index (χ2n) is 6.90. The van der Waals surface area contributed by atoms with Gasteiger partial charge in [-0.1, -0.05) is 24.3 Å². The van der Waals surface area contributed by atoms with Crippen molar-refractivity contribution in [2.45, 2.75) is 26.7 Å². The highest BCUT2D eigenvalue weighted by Crippen LogP contribution is 2.19. The van der Waals surface area contributed by atoms with Gasteiger partial charge in [0.05, 0.1) is 13.5 Å². The number of ether oxygens (including phenoxy) is 1. The fourth-order valence-corrected chi connectivity index (χ4v) is 2.94. The third-order valence-corrected chi connectivity index (χ3v) is 4.48. The molecular weight excluding hydrogens is 383 g/mol. The minimum absolute atomic E-state index is 0.141. The zero-order valence-electron chi connectivity index (χ0n) is 17.9. The first kappa shape index (κ1) is 23.2. The molecule has 0 aromatic heterocycles. The Bertz CT molecular complexity index is 855. The summed E-state index contributed by atoms with van der Waals surface area (Å²) < 4.78 is 18.5. The third kappa shape index (κ3) is 8.11. The van der Waals surface area contributed by atoms with Crippen molar-refractivity contribution in [1.29, 1.82) is 0 Å². The van der Waals surface area contributed by atoms with Crippen LogP contribution in [0, 0.1) is 12.7 Å². The highest BCUT2D eigenvalue weighted by molar-refractivity contribution is 5.80. The van der Waals surface area contributed by atoms with E-state index in [1.165, 1.54) is 17.7 Å². The molecule has 0 radical (unpaired) electrons. The Labute approximate surface area is 177 Å². The lowest BCUT2D eigenvalue weighted by atomic mass is 10.1. The van der Waals surface area contributed by atoms with Crippen molar-refractivity contribution in [2.75, 3.05) is 33.3 Å². The molecular formula is C23H31FN4O2. The number of hydrogen-bond donors (Lipinski definition) is 3. The van der Waals surface area contributed by atoms with Crippen LogP contribution in [-0.4, -0.2) is 45.2 Å². The minimum Gasteiger partial charge on any atom is -0.496 e. The van der Waals surface area contributed by atoms with Crippen LogP contribution in [0.15, 0.2) is 47.5 Å². The van der Waals surface area contributed by atoms with E-state index in [9.17, 15) is 9.18 Å². The Morgan fingerprint density at radius 2 is 1.87 bits per heavy atom. The summed E-state index contributed by atoms with van der Waals surface area (Å²) in [6.07, 6.45) is 0.962. The van der Waals surface area contributed by atoms with Crippen LogP contribution in [0.3, 0.4) is 0 Å². The second-order valence-corrected chi connectivity index (χ2v) is 6.90. The molecule has 0 unspecified atom stereocenters. The Kier molecular flexibility index (Phi) is 9.64. The maximum absolute atomic E-state index is 13.2. The van der Waals surface area contributed by atoms with Gasteiger partial charge >= 0.3 is 0 Å². The summed E-state index contributed by atoms with van der Waals surface area (Å²) in [5, 5.41) is 9.23. The summed E-state index contributed by atoms with van der Waals surface area (Å²) in [6.45, 7) is 6.39. The molecule has 0 bridgehead atoms. The van der Waals surface area contributed by atoms with Gasteiger partial charge in [0.2, 0.25) is 5.91 Å². The van der Waals surface area contributed by atoms with Gasteiger partial charge in [-0.15, -0.1) is 0 Å². The van der Waals surface area contributed by atoms with Gasteiger partial charge in [-0.2, -0.15) is 0 Å². The maximum atomic E-state index is 13.2. The Morgan fingerprint density at radius 1 is 1.07 bits per heavy atom. The lowest BCUT2D eigenvalue weighted by Crippen LogP contribution is -2.41. The van der Waals surface area contributed by atoms with Crippen LogP contribution in [0.2, 0.25) is 0 Å². The number of carbonyl (C=O) groups excluding carboxylic acids is 1. The molecule has 2 aromatic rings. The van der Waals surface area contributed by atoms with Gasteiger partial charge in [0.25, 0.3) is 0 Å². The predicted molar refractivity (Wildman–Crippen MR) is 119 cm³/mol. The number of amides is 1. The molecule has 162 valence electrons. The van der Waals surface area contributed by atoms with E-state index in [0.29, 0.717) is 31.2 Å². The van der Waals surface area contributed by atoms with E-state index in [4.69, 9.17) is 4.74 Å². The number of nitrogens with one attached hydrogen (secondary N) is 3. The van der Waals surface area contributed by atoms with Crippen LogP contribution in [0.25, 0.3) is 0 Å². The quantitative estimate of drug-likeness (QED) is 0.317. The molecule has 0 fully saturated rings. The molecule has 6 nitrogen and oxygen atoms in total. The number of methoxy groups -OCH3 is 1. The first-order valence-electron chi connectivity index (χ1n) is 10.2. The SMILES string of the molecule is CCNC(=NCCc1ccc(C)c(OC)c1)NCCNC(=O)Cc1cccc(F)c1. The predicted octanol–water partition coefficient (Wildman–Crippen LogP) is 2.60. The lowest BCUT2D eigenvalue weighted by Gasteiger charge is -2.12. The van der Waals surface area contributed by atoms with Crippen molar-refractivity contribution in [2.24, 2.45) is 4.99 Å². The topological polar surface area (TPSA) is 74.8 Å².